The quantitative estimate of drug-likeness (QED) is 0.695. The summed E-state index contributed by atoms with van der Waals surface area (Å²) in [6.07, 6.45) is 0. The summed E-state index contributed by atoms with van der Waals surface area (Å²) in [5.41, 5.74) is -0.877. The lowest BCUT2D eigenvalue weighted by Gasteiger charge is -2.08. The van der Waals surface area contributed by atoms with Crippen molar-refractivity contribution in [1.82, 2.24) is 5.32 Å². The van der Waals surface area contributed by atoms with Crippen LogP contribution in [0.1, 0.15) is 27.7 Å². The molecule has 0 aromatic rings. The van der Waals surface area contributed by atoms with Gasteiger partial charge in [-0.25, -0.2) is 8.78 Å². The second kappa shape index (κ2) is 4.34. The van der Waals surface area contributed by atoms with Gasteiger partial charge in [-0.2, -0.15) is 0 Å². The molecule has 1 aliphatic rings. The molecule has 0 saturated heterocycles. The summed E-state index contributed by atoms with van der Waals surface area (Å²) < 4.78 is 31.5. The molecule has 1 atom stereocenters. The van der Waals surface area contributed by atoms with Crippen molar-refractivity contribution >= 4 is 0 Å². The Kier molecular flexibility index (Phi) is 3.71. The highest BCUT2D eigenvalue weighted by Crippen LogP contribution is 2.65. The van der Waals surface area contributed by atoms with Crippen LogP contribution in [-0.2, 0) is 4.74 Å². The Bertz CT molecular complexity index is 203. The fourth-order valence-electron chi connectivity index (χ4n) is 1.69. The molecule has 1 unspecified atom stereocenters. The summed E-state index contributed by atoms with van der Waals surface area (Å²) >= 11 is 0. The van der Waals surface area contributed by atoms with Crippen LogP contribution < -0.4 is 5.32 Å². The molecule has 0 aromatic carbocycles. The van der Waals surface area contributed by atoms with E-state index in [-0.39, 0.29) is 6.61 Å². The van der Waals surface area contributed by atoms with Gasteiger partial charge in [0.05, 0.1) is 19.1 Å². The third-order valence-corrected chi connectivity index (χ3v) is 3.17. The molecule has 15 heavy (non-hydrogen) atoms. The van der Waals surface area contributed by atoms with Gasteiger partial charge in [0.2, 0.25) is 0 Å². The maximum Gasteiger partial charge on any atom is 0.259 e. The predicted octanol–water partition coefficient (Wildman–Crippen LogP) is 2.29. The third kappa shape index (κ3) is 2.67. The van der Waals surface area contributed by atoms with Crippen LogP contribution in [0, 0.1) is 11.3 Å². The highest BCUT2D eigenvalue weighted by Gasteiger charge is 2.74. The van der Waals surface area contributed by atoms with Gasteiger partial charge in [0.15, 0.2) is 0 Å². The summed E-state index contributed by atoms with van der Waals surface area (Å²) in [6.45, 7) is 8.65. The van der Waals surface area contributed by atoms with Crippen molar-refractivity contribution in [3.8, 4) is 0 Å². The van der Waals surface area contributed by atoms with Crippen LogP contribution >= 0.6 is 0 Å². The molecule has 90 valence electrons. The van der Waals surface area contributed by atoms with E-state index in [4.69, 9.17) is 4.74 Å². The van der Waals surface area contributed by atoms with Crippen molar-refractivity contribution in [2.75, 3.05) is 19.8 Å². The van der Waals surface area contributed by atoms with Gasteiger partial charge in [0.25, 0.3) is 5.92 Å². The van der Waals surface area contributed by atoms with E-state index < -0.39 is 17.3 Å². The smallest absolute Gasteiger partial charge is 0.259 e. The van der Waals surface area contributed by atoms with E-state index >= 15 is 0 Å². The van der Waals surface area contributed by atoms with Crippen LogP contribution in [0.2, 0.25) is 0 Å². The molecule has 1 rings (SSSR count). The highest BCUT2D eigenvalue weighted by atomic mass is 19.3. The van der Waals surface area contributed by atoms with Crippen molar-refractivity contribution in [2.45, 2.75) is 39.7 Å². The molecule has 1 aliphatic carbocycles. The zero-order valence-corrected chi connectivity index (χ0v) is 9.94. The average Bonchev–Trinajstić information content (AvgIpc) is 2.45. The van der Waals surface area contributed by atoms with E-state index in [1.807, 2.05) is 13.8 Å². The fraction of sp³-hybridized carbons (Fsp3) is 1.00. The first kappa shape index (κ1) is 12.8. The Morgan fingerprint density at radius 2 is 1.87 bits per heavy atom. The molecule has 4 heteroatoms. The maximum absolute atomic E-state index is 13.1. The van der Waals surface area contributed by atoms with Gasteiger partial charge in [-0.3, -0.25) is 0 Å². The van der Waals surface area contributed by atoms with Crippen molar-refractivity contribution in [2.24, 2.45) is 11.3 Å². The van der Waals surface area contributed by atoms with E-state index in [0.29, 0.717) is 12.6 Å². The lowest BCUT2D eigenvalue weighted by Crippen LogP contribution is -2.27. The van der Waals surface area contributed by atoms with Crippen LogP contribution in [0.4, 0.5) is 8.78 Å². The maximum atomic E-state index is 13.1. The number of ether oxygens (including phenoxy) is 1. The molecule has 1 saturated carbocycles. The Labute approximate surface area is 90.4 Å². The van der Waals surface area contributed by atoms with Crippen LogP contribution in [0.3, 0.4) is 0 Å². The van der Waals surface area contributed by atoms with Crippen molar-refractivity contribution in [3.63, 3.8) is 0 Å². The molecule has 0 bridgehead atoms. The minimum absolute atomic E-state index is 0.166. The number of halogens is 2. The highest BCUT2D eigenvalue weighted by molar-refractivity contribution is 5.12. The Balaban J connectivity index is 2.08. The lowest BCUT2D eigenvalue weighted by molar-refractivity contribution is 0.0453. The monoisotopic (exact) mass is 221 g/mol. The number of rotatable bonds is 6. The van der Waals surface area contributed by atoms with E-state index in [1.54, 1.807) is 13.8 Å². The van der Waals surface area contributed by atoms with Crippen LogP contribution in [0.5, 0.6) is 0 Å². The van der Waals surface area contributed by atoms with Gasteiger partial charge in [0.1, 0.15) is 0 Å². The van der Waals surface area contributed by atoms with E-state index in [9.17, 15) is 8.78 Å². The topological polar surface area (TPSA) is 21.3 Å². The van der Waals surface area contributed by atoms with Gasteiger partial charge >= 0.3 is 0 Å². The molecular weight excluding hydrogens is 200 g/mol. The van der Waals surface area contributed by atoms with Crippen LogP contribution in [0.15, 0.2) is 0 Å². The number of alkyl halides is 2. The van der Waals surface area contributed by atoms with E-state index in [1.165, 1.54) is 0 Å². The predicted molar refractivity (Wildman–Crippen MR) is 56.2 cm³/mol. The molecule has 0 radical (unpaired) electrons. The van der Waals surface area contributed by atoms with Crippen LogP contribution in [-0.4, -0.2) is 31.7 Å². The second-order valence-electron chi connectivity index (χ2n) is 5.08. The zero-order valence-electron chi connectivity index (χ0n) is 9.94. The first-order chi connectivity index (χ1) is 6.80. The molecule has 0 amide bonds. The second-order valence-corrected chi connectivity index (χ2v) is 5.08. The SMILES string of the molecule is CC(C)NCCOCC1C(C)(C)C1(F)F. The van der Waals surface area contributed by atoms with E-state index in [0.717, 1.165) is 6.54 Å². The summed E-state index contributed by atoms with van der Waals surface area (Å²) in [7, 11) is 0. The molecule has 1 fully saturated rings. The van der Waals surface area contributed by atoms with Gasteiger partial charge in [0, 0.05) is 18.0 Å². The van der Waals surface area contributed by atoms with Gasteiger partial charge in [-0.15, -0.1) is 0 Å². The third-order valence-electron chi connectivity index (χ3n) is 3.17. The summed E-state index contributed by atoms with van der Waals surface area (Å²) in [5, 5.41) is 3.17. The summed E-state index contributed by atoms with van der Waals surface area (Å²) in [4.78, 5) is 0. The minimum Gasteiger partial charge on any atom is -0.380 e. The van der Waals surface area contributed by atoms with Gasteiger partial charge in [-0.1, -0.05) is 27.7 Å². The average molecular weight is 221 g/mol. The molecular formula is C11H21F2NO. The Morgan fingerprint density at radius 3 is 2.27 bits per heavy atom. The van der Waals surface area contributed by atoms with Gasteiger partial charge < -0.3 is 10.1 Å². The standard InChI is InChI=1S/C11H21F2NO/c1-8(2)14-5-6-15-7-9-10(3,4)11(9,12)13/h8-9,14H,5-7H2,1-4H3. The summed E-state index contributed by atoms with van der Waals surface area (Å²) in [6, 6.07) is 0.410. The molecule has 1 N–H and O–H groups in total. The first-order valence-corrected chi connectivity index (χ1v) is 5.49. The normalized spacial score (nSPS) is 27.0. The molecule has 0 spiro atoms. The van der Waals surface area contributed by atoms with Crippen molar-refractivity contribution in [3.05, 3.63) is 0 Å². The first-order valence-electron chi connectivity index (χ1n) is 5.49. The molecule has 0 heterocycles. The summed E-state index contributed by atoms with van der Waals surface area (Å²) in [5.74, 6) is -3.15. The minimum atomic E-state index is -2.54. The lowest BCUT2D eigenvalue weighted by atomic mass is 10.1. The van der Waals surface area contributed by atoms with E-state index in [2.05, 4.69) is 5.32 Å². The van der Waals surface area contributed by atoms with Crippen molar-refractivity contribution in [1.29, 1.82) is 0 Å². The van der Waals surface area contributed by atoms with Crippen LogP contribution in [0.25, 0.3) is 0 Å². The largest absolute Gasteiger partial charge is 0.380 e. The molecule has 0 aromatic heterocycles. The van der Waals surface area contributed by atoms with Crippen molar-refractivity contribution < 1.29 is 13.5 Å². The number of hydrogen-bond donors (Lipinski definition) is 1. The van der Waals surface area contributed by atoms with Gasteiger partial charge in [-0.05, 0) is 0 Å². The molecule has 0 aliphatic heterocycles. The fourth-order valence-corrected chi connectivity index (χ4v) is 1.69. The number of hydrogen-bond acceptors (Lipinski definition) is 2. The Morgan fingerprint density at radius 1 is 1.33 bits per heavy atom. The Hall–Kier alpha value is -0.220. The molecule has 2 nitrogen and oxygen atoms in total. The number of nitrogens with one attached hydrogen (secondary N) is 1. The zero-order chi connectivity index (χ0) is 11.7.